The summed E-state index contributed by atoms with van der Waals surface area (Å²) in [5, 5.41) is 0. The number of hydrogen-bond donors (Lipinski definition) is 0. The van der Waals surface area contributed by atoms with Crippen LogP contribution in [0.2, 0.25) is 0 Å². The quantitative estimate of drug-likeness (QED) is 0.236. The van der Waals surface area contributed by atoms with Gasteiger partial charge in [0.05, 0.1) is 0 Å². The highest BCUT2D eigenvalue weighted by Crippen LogP contribution is 2.33. The van der Waals surface area contributed by atoms with Gasteiger partial charge >= 0.3 is 0 Å². The molecule has 0 atom stereocenters. The van der Waals surface area contributed by atoms with Gasteiger partial charge in [-0.2, -0.15) is 0 Å². The Kier molecular flexibility index (Phi) is 12.9. The monoisotopic (exact) mass is 401 g/mol. The smallest absolute Gasteiger partial charge is 0.0158 e. The van der Waals surface area contributed by atoms with E-state index in [0.29, 0.717) is 0 Å². The van der Waals surface area contributed by atoms with Crippen LogP contribution in [0.5, 0.6) is 0 Å². The summed E-state index contributed by atoms with van der Waals surface area (Å²) in [6, 6.07) is 11.1. The van der Waals surface area contributed by atoms with Crippen molar-refractivity contribution in [1.82, 2.24) is 4.90 Å². The van der Waals surface area contributed by atoms with Crippen LogP contribution >= 0.6 is 0 Å². The first-order chi connectivity index (χ1) is 13.8. The standard InChI is InChI=1S/C28H51N/c1-7-9-11-13-18-23-27(3,4)29(25-22-26-20-16-15-17-21-26)28(5,6)24-19-14-12-10-8-2/h15-17,20-21H,7-14,18-19,22-25H2,1-6H3. The predicted molar refractivity (Wildman–Crippen MR) is 132 cm³/mol. The van der Waals surface area contributed by atoms with Crippen molar-refractivity contribution in [3.05, 3.63) is 35.9 Å². The molecule has 0 spiro atoms. The molecule has 0 aliphatic heterocycles. The van der Waals surface area contributed by atoms with E-state index in [1.165, 1.54) is 82.6 Å². The number of nitrogens with zero attached hydrogens (tertiary/aromatic N) is 1. The summed E-state index contributed by atoms with van der Waals surface area (Å²) in [6.45, 7) is 15.8. The van der Waals surface area contributed by atoms with E-state index in [-0.39, 0.29) is 11.1 Å². The van der Waals surface area contributed by atoms with Gasteiger partial charge in [0.25, 0.3) is 0 Å². The first-order valence-corrected chi connectivity index (χ1v) is 12.6. The summed E-state index contributed by atoms with van der Waals surface area (Å²) in [6.07, 6.45) is 17.5. The van der Waals surface area contributed by atoms with Crippen LogP contribution in [0, 0.1) is 0 Å². The zero-order chi connectivity index (χ0) is 21.6. The maximum absolute atomic E-state index is 2.85. The molecule has 0 amide bonds. The van der Waals surface area contributed by atoms with Gasteiger partial charge in [-0.1, -0.05) is 108 Å². The number of rotatable bonds is 17. The molecule has 0 saturated heterocycles. The highest BCUT2D eigenvalue weighted by atomic mass is 15.2. The van der Waals surface area contributed by atoms with Gasteiger partial charge in [0, 0.05) is 17.6 Å². The number of benzene rings is 1. The molecule has 1 heteroatoms. The van der Waals surface area contributed by atoms with E-state index >= 15 is 0 Å². The Morgan fingerprint density at radius 3 is 1.52 bits per heavy atom. The van der Waals surface area contributed by atoms with Crippen LogP contribution in [0.15, 0.2) is 30.3 Å². The van der Waals surface area contributed by atoms with Crippen LogP contribution in [-0.2, 0) is 6.42 Å². The van der Waals surface area contributed by atoms with Crippen molar-refractivity contribution in [3.63, 3.8) is 0 Å². The minimum absolute atomic E-state index is 0.258. The minimum Gasteiger partial charge on any atom is -0.293 e. The van der Waals surface area contributed by atoms with E-state index in [9.17, 15) is 0 Å². The van der Waals surface area contributed by atoms with E-state index in [0.717, 1.165) is 13.0 Å². The van der Waals surface area contributed by atoms with Crippen molar-refractivity contribution in [1.29, 1.82) is 0 Å². The maximum Gasteiger partial charge on any atom is 0.0158 e. The SMILES string of the molecule is CCCCCCCC(C)(C)N(CCc1ccccc1)C(C)(C)CCCCCCC. The summed E-state index contributed by atoms with van der Waals surface area (Å²) in [4.78, 5) is 2.85. The average Bonchev–Trinajstić information content (AvgIpc) is 2.68. The van der Waals surface area contributed by atoms with E-state index in [4.69, 9.17) is 0 Å². The molecule has 1 aromatic rings. The van der Waals surface area contributed by atoms with Crippen LogP contribution in [0.4, 0.5) is 0 Å². The Labute approximate surface area is 183 Å². The Morgan fingerprint density at radius 1 is 0.621 bits per heavy atom. The third-order valence-corrected chi connectivity index (χ3v) is 6.71. The van der Waals surface area contributed by atoms with Crippen LogP contribution in [-0.4, -0.2) is 22.5 Å². The molecule has 0 aliphatic carbocycles. The van der Waals surface area contributed by atoms with Gasteiger partial charge in [-0.3, -0.25) is 4.90 Å². The average molecular weight is 402 g/mol. The first kappa shape index (κ1) is 26.2. The number of hydrogen-bond acceptors (Lipinski definition) is 1. The van der Waals surface area contributed by atoms with E-state index in [1.54, 1.807) is 0 Å². The molecule has 0 heterocycles. The first-order valence-electron chi connectivity index (χ1n) is 12.6. The molecule has 0 aliphatic rings. The lowest BCUT2D eigenvalue weighted by Crippen LogP contribution is -2.56. The van der Waals surface area contributed by atoms with Crippen molar-refractivity contribution >= 4 is 0 Å². The molecule has 0 bridgehead atoms. The van der Waals surface area contributed by atoms with Crippen LogP contribution < -0.4 is 0 Å². The molecular weight excluding hydrogens is 350 g/mol. The van der Waals surface area contributed by atoms with Gasteiger partial charge in [-0.05, 0) is 52.5 Å². The van der Waals surface area contributed by atoms with Gasteiger partial charge < -0.3 is 0 Å². The second-order valence-corrected chi connectivity index (χ2v) is 10.3. The zero-order valence-electron chi connectivity index (χ0n) is 20.7. The van der Waals surface area contributed by atoms with E-state index in [2.05, 4.69) is 76.8 Å². The highest BCUT2D eigenvalue weighted by molar-refractivity contribution is 5.15. The third-order valence-electron chi connectivity index (χ3n) is 6.71. The fourth-order valence-corrected chi connectivity index (χ4v) is 4.90. The number of unbranched alkanes of at least 4 members (excludes halogenated alkanes) is 8. The molecule has 1 nitrogen and oxygen atoms in total. The Bertz CT molecular complexity index is 476. The van der Waals surface area contributed by atoms with Crippen LogP contribution in [0.3, 0.4) is 0 Å². The van der Waals surface area contributed by atoms with Gasteiger partial charge in [-0.15, -0.1) is 0 Å². The summed E-state index contributed by atoms with van der Waals surface area (Å²) < 4.78 is 0. The summed E-state index contributed by atoms with van der Waals surface area (Å²) in [7, 11) is 0. The molecule has 0 saturated carbocycles. The zero-order valence-corrected chi connectivity index (χ0v) is 20.7. The second-order valence-electron chi connectivity index (χ2n) is 10.3. The van der Waals surface area contributed by atoms with Gasteiger partial charge in [0.1, 0.15) is 0 Å². The van der Waals surface area contributed by atoms with E-state index < -0.39 is 0 Å². The summed E-state index contributed by atoms with van der Waals surface area (Å²) in [5.41, 5.74) is 1.98. The Morgan fingerprint density at radius 2 is 1.07 bits per heavy atom. The largest absolute Gasteiger partial charge is 0.293 e. The molecule has 0 fully saturated rings. The molecular formula is C28H51N. The lowest BCUT2D eigenvalue weighted by molar-refractivity contribution is 0.00403. The molecule has 168 valence electrons. The minimum atomic E-state index is 0.258. The molecule has 0 N–H and O–H groups in total. The summed E-state index contributed by atoms with van der Waals surface area (Å²) in [5.74, 6) is 0. The van der Waals surface area contributed by atoms with Crippen molar-refractivity contribution in [3.8, 4) is 0 Å². The van der Waals surface area contributed by atoms with Gasteiger partial charge in [-0.25, -0.2) is 0 Å². The van der Waals surface area contributed by atoms with E-state index in [1.807, 2.05) is 0 Å². The molecule has 1 rings (SSSR count). The summed E-state index contributed by atoms with van der Waals surface area (Å²) >= 11 is 0. The second kappa shape index (κ2) is 14.2. The van der Waals surface area contributed by atoms with Crippen molar-refractivity contribution < 1.29 is 0 Å². The van der Waals surface area contributed by atoms with Crippen molar-refractivity contribution in [2.45, 2.75) is 136 Å². The van der Waals surface area contributed by atoms with Gasteiger partial charge in [0.2, 0.25) is 0 Å². The topological polar surface area (TPSA) is 3.24 Å². The predicted octanol–water partition coefficient (Wildman–Crippen LogP) is 8.81. The Hall–Kier alpha value is -0.820. The molecule has 0 unspecified atom stereocenters. The fourth-order valence-electron chi connectivity index (χ4n) is 4.90. The third kappa shape index (κ3) is 10.7. The molecule has 29 heavy (non-hydrogen) atoms. The van der Waals surface area contributed by atoms with Crippen LogP contribution in [0.25, 0.3) is 0 Å². The lowest BCUT2D eigenvalue weighted by atomic mass is 9.85. The van der Waals surface area contributed by atoms with Crippen LogP contribution in [0.1, 0.15) is 124 Å². The normalized spacial score (nSPS) is 12.7. The maximum atomic E-state index is 2.85. The van der Waals surface area contributed by atoms with Gasteiger partial charge in [0.15, 0.2) is 0 Å². The van der Waals surface area contributed by atoms with Crippen molar-refractivity contribution in [2.24, 2.45) is 0 Å². The lowest BCUT2D eigenvalue weighted by Gasteiger charge is -2.49. The fraction of sp³-hybridized carbons (Fsp3) is 0.786. The molecule has 1 aromatic carbocycles. The highest BCUT2D eigenvalue weighted by Gasteiger charge is 2.36. The van der Waals surface area contributed by atoms with Crippen molar-refractivity contribution in [2.75, 3.05) is 6.54 Å². The molecule has 0 radical (unpaired) electrons. The Balaban J connectivity index is 2.74. The molecule has 0 aromatic heterocycles.